The Morgan fingerprint density at radius 3 is 2.92 bits per heavy atom. The molecule has 124 valence electrons. The Balaban J connectivity index is 1.68. The second-order valence-electron chi connectivity index (χ2n) is 5.36. The van der Waals surface area contributed by atoms with Gasteiger partial charge in [0.15, 0.2) is 0 Å². The fraction of sp³-hybridized carbons (Fsp3) is 0.0588. The summed E-state index contributed by atoms with van der Waals surface area (Å²) in [5, 5.41) is 4.90. The molecule has 0 unspecified atom stereocenters. The average Bonchev–Trinajstić information content (AvgIpc) is 3.07. The van der Waals surface area contributed by atoms with E-state index in [4.69, 9.17) is 16.1 Å². The summed E-state index contributed by atoms with van der Waals surface area (Å²) in [5.74, 6) is 0.779. The van der Waals surface area contributed by atoms with Gasteiger partial charge in [0.2, 0.25) is 11.7 Å². The van der Waals surface area contributed by atoms with Crippen molar-refractivity contribution in [3.05, 3.63) is 74.5 Å². The smallest absolute Gasteiger partial charge is 0.261 e. The first kappa shape index (κ1) is 16.0. The predicted molar refractivity (Wildman–Crippen MR) is 97.5 cm³/mol. The zero-order valence-electron chi connectivity index (χ0n) is 12.7. The van der Waals surface area contributed by atoms with E-state index in [9.17, 15) is 4.79 Å². The summed E-state index contributed by atoms with van der Waals surface area (Å²) in [7, 11) is 0. The molecule has 0 aliphatic heterocycles. The second kappa shape index (κ2) is 6.42. The Morgan fingerprint density at radius 1 is 1.20 bits per heavy atom. The highest BCUT2D eigenvalue weighted by Crippen LogP contribution is 2.20. The number of rotatable bonds is 3. The second-order valence-corrected chi connectivity index (χ2v) is 6.71. The largest absolute Gasteiger partial charge is 0.337 e. The summed E-state index contributed by atoms with van der Waals surface area (Å²) in [6.07, 6.45) is 1.46. The lowest BCUT2D eigenvalue weighted by Crippen LogP contribution is -2.21. The summed E-state index contributed by atoms with van der Waals surface area (Å²) >= 11 is 9.37. The van der Waals surface area contributed by atoms with Crippen LogP contribution in [0.15, 0.2) is 62.6 Å². The quantitative estimate of drug-likeness (QED) is 0.505. The highest BCUT2D eigenvalue weighted by molar-refractivity contribution is 9.10. The Bertz CT molecular complexity index is 1140. The van der Waals surface area contributed by atoms with Gasteiger partial charge in [-0.15, -0.1) is 0 Å². The molecule has 4 rings (SSSR count). The fourth-order valence-electron chi connectivity index (χ4n) is 2.45. The molecule has 2 aromatic carbocycles. The number of hydrogen-bond donors (Lipinski definition) is 0. The summed E-state index contributed by atoms with van der Waals surface area (Å²) in [6, 6.07) is 12.6. The van der Waals surface area contributed by atoms with Crippen LogP contribution in [0.3, 0.4) is 0 Å². The third-order valence-corrected chi connectivity index (χ3v) is 4.37. The van der Waals surface area contributed by atoms with Crippen molar-refractivity contribution in [3.8, 4) is 11.4 Å². The minimum atomic E-state index is -0.213. The number of fused-ring (bicyclic) bond motifs is 1. The highest BCUT2D eigenvalue weighted by atomic mass is 79.9. The van der Waals surface area contributed by atoms with Crippen molar-refractivity contribution in [1.29, 1.82) is 0 Å². The normalized spacial score (nSPS) is 11.1. The Hall–Kier alpha value is -2.51. The zero-order valence-corrected chi connectivity index (χ0v) is 15.0. The average molecular weight is 418 g/mol. The Morgan fingerprint density at radius 2 is 2.08 bits per heavy atom. The van der Waals surface area contributed by atoms with Gasteiger partial charge in [-0.3, -0.25) is 9.36 Å². The number of benzene rings is 2. The maximum atomic E-state index is 12.6. The molecule has 2 aromatic heterocycles. The van der Waals surface area contributed by atoms with E-state index in [1.807, 2.05) is 24.3 Å². The maximum Gasteiger partial charge on any atom is 0.261 e. The summed E-state index contributed by atoms with van der Waals surface area (Å²) < 4.78 is 7.60. The molecule has 0 bridgehead atoms. The third kappa shape index (κ3) is 3.20. The molecule has 0 amide bonds. The van der Waals surface area contributed by atoms with Gasteiger partial charge in [-0.25, -0.2) is 4.98 Å². The lowest BCUT2D eigenvalue weighted by Gasteiger charge is -2.03. The van der Waals surface area contributed by atoms with Gasteiger partial charge >= 0.3 is 0 Å². The fourth-order valence-corrected chi connectivity index (χ4v) is 3.02. The predicted octanol–water partition coefficient (Wildman–Crippen LogP) is 3.91. The Labute approximate surface area is 155 Å². The van der Waals surface area contributed by atoms with Crippen LogP contribution >= 0.6 is 27.5 Å². The molecule has 0 N–H and O–H groups in total. The van der Waals surface area contributed by atoms with Crippen LogP contribution in [0, 0.1) is 0 Å². The third-order valence-electron chi connectivity index (χ3n) is 3.64. The van der Waals surface area contributed by atoms with Crippen LogP contribution in [-0.2, 0) is 6.54 Å². The van der Waals surface area contributed by atoms with Gasteiger partial charge < -0.3 is 4.52 Å². The number of halogens is 2. The van der Waals surface area contributed by atoms with Gasteiger partial charge in [-0.1, -0.05) is 44.8 Å². The molecule has 8 heteroatoms. The Kier molecular flexibility index (Phi) is 4.10. The highest BCUT2D eigenvalue weighted by Gasteiger charge is 2.12. The first-order chi connectivity index (χ1) is 12.1. The standard InChI is InChI=1S/C17H10BrClN4O2/c18-11-3-1-2-10(6-11)16-21-15(25-22-16)8-23-9-20-14-5-4-12(19)7-13(14)17(23)24/h1-7,9H,8H2. The van der Waals surface area contributed by atoms with E-state index in [0.29, 0.717) is 27.6 Å². The van der Waals surface area contributed by atoms with Crippen molar-refractivity contribution in [2.24, 2.45) is 0 Å². The topological polar surface area (TPSA) is 73.8 Å². The van der Waals surface area contributed by atoms with Crippen molar-refractivity contribution < 1.29 is 4.52 Å². The van der Waals surface area contributed by atoms with Gasteiger partial charge in [-0.05, 0) is 30.3 Å². The minimum absolute atomic E-state index is 0.134. The molecule has 0 aliphatic rings. The van der Waals surface area contributed by atoms with Crippen molar-refractivity contribution in [2.45, 2.75) is 6.54 Å². The van der Waals surface area contributed by atoms with E-state index in [1.165, 1.54) is 10.9 Å². The molecule has 0 radical (unpaired) electrons. The molecule has 4 aromatic rings. The van der Waals surface area contributed by atoms with Gasteiger partial charge in [0, 0.05) is 15.1 Å². The van der Waals surface area contributed by atoms with Gasteiger partial charge in [0.05, 0.1) is 17.2 Å². The van der Waals surface area contributed by atoms with E-state index in [1.54, 1.807) is 18.2 Å². The van der Waals surface area contributed by atoms with Gasteiger partial charge in [0.25, 0.3) is 5.56 Å². The zero-order chi connectivity index (χ0) is 17.4. The van der Waals surface area contributed by atoms with E-state index in [2.05, 4.69) is 31.1 Å². The molecule has 0 saturated heterocycles. The molecular weight excluding hydrogens is 408 g/mol. The monoisotopic (exact) mass is 416 g/mol. The summed E-state index contributed by atoms with van der Waals surface area (Å²) in [4.78, 5) is 21.2. The van der Waals surface area contributed by atoms with Crippen molar-refractivity contribution >= 4 is 38.4 Å². The van der Waals surface area contributed by atoms with E-state index < -0.39 is 0 Å². The molecule has 25 heavy (non-hydrogen) atoms. The molecule has 0 aliphatic carbocycles. The molecule has 0 fully saturated rings. The maximum absolute atomic E-state index is 12.6. The van der Waals surface area contributed by atoms with E-state index in [-0.39, 0.29) is 12.1 Å². The van der Waals surface area contributed by atoms with E-state index >= 15 is 0 Å². The molecule has 2 heterocycles. The van der Waals surface area contributed by atoms with Crippen LogP contribution in [0.1, 0.15) is 5.89 Å². The molecule has 0 spiro atoms. The SMILES string of the molecule is O=c1c2cc(Cl)ccc2ncn1Cc1nc(-c2cccc(Br)c2)no1. The van der Waals surface area contributed by atoms with E-state index in [0.717, 1.165) is 10.0 Å². The minimum Gasteiger partial charge on any atom is -0.337 e. The lowest BCUT2D eigenvalue weighted by molar-refractivity contribution is 0.369. The van der Waals surface area contributed by atoms with Crippen LogP contribution in [0.4, 0.5) is 0 Å². The molecule has 0 atom stereocenters. The molecule has 0 saturated carbocycles. The van der Waals surface area contributed by atoms with Crippen LogP contribution in [-0.4, -0.2) is 19.7 Å². The van der Waals surface area contributed by atoms with Gasteiger partial charge in [0.1, 0.15) is 6.54 Å². The number of hydrogen-bond acceptors (Lipinski definition) is 5. The van der Waals surface area contributed by atoms with Crippen molar-refractivity contribution in [2.75, 3.05) is 0 Å². The van der Waals surface area contributed by atoms with Crippen LogP contribution < -0.4 is 5.56 Å². The molecule has 6 nitrogen and oxygen atoms in total. The van der Waals surface area contributed by atoms with Gasteiger partial charge in [-0.2, -0.15) is 4.98 Å². The first-order valence-corrected chi connectivity index (χ1v) is 8.50. The number of aromatic nitrogens is 4. The number of nitrogens with zero attached hydrogens (tertiary/aromatic N) is 4. The van der Waals surface area contributed by atoms with Crippen LogP contribution in [0.5, 0.6) is 0 Å². The van der Waals surface area contributed by atoms with Crippen LogP contribution in [0.25, 0.3) is 22.3 Å². The summed E-state index contributed by atoms with van der Waals surface area (Å²) in [5.41, 5.74) is 1.20. The van der Waals surface area contributed by atoms with Crippen molar-refractivity contribution in [1.82, 2.24) is 19.7 Å². The van der Waals surface area contributed by atoms with Crippen molar-refractivity contribution in [3.63, 3.8) is 0 Å². The molecular formula is C17H10BrClN4O2. The summed E-state index contributed by atoms with van der Waals surface area (Å²) in [6.45, 7) is 0.134. The lowest BCUT2D eigenvalue weighted by atomic mass is 10.2. The first-order valence-electron chi connectivity index (χ1n) is 7.33. The van der Waals surface area contributed by atoms with Crippen LogP contribution in [0.2, 0.25) is 5.02 Å².